The Morgan fingerprint density at radius 3 is 2.78 bits per heavy atom. The van der Waals surface area contributed by atoms with Gasteiger partial charge in [0.2, 0.25) is 0 Å². The van der Waals surface area contributed by atoms with E-state index in [1.54, 1.807) is 6.07 Å². The van der Waals surface area contributed by atoms with E-state index in [-0.39, 0.29) is 5.69 Å². The fourth-order valence-electron chi connectivity index (χ4n) is 1.96. The Bertz CT molecular complexity index is 729. The molecule has 0 aliphatic heterocycles. The third-order valence-corrected chi connectivity index (χ3v) is 3.16. The number of carbonyl (C=O) groups is 2. The smallest absolute Gasteiger partial charge is 0.328 e. The van der Waals surface area contributed by atoms with E-state index < -0.39 is 24.6 Å². The molecule has 2 aromatic rings. The SMILES string of the molecule is COc1ccc(C)cc1-n1ccc(C(=O)NC(CF)C(=O)O)n1. The average Bonchev–Trinajstić information content (AvgIpc) is 3.01. The number of amides is 1. The molecule has 1 aromatic heterocycles. The zero-order valence-electron chi connectivity index (χ0n) is 12.6. The molecule has 23 heavy (non-hydrogen) atoms. The summed E-state index contributed by atoms with van der Waals surface area (Å²) < 4.78 is 19.2. The predicted molar refractivity (Wildman–Crippen MR) is 79.7 cm³/mol. The number of rotatable bonds is 6. The van der Waals surface area contributed by atoms with Crippen molar-refractivity contribution in [3.05, 3.63) is 41.7 Å². The molecular weight excluding hydrogens is 305 g/mol. The van der Waals surface area contributed by atoms with Gasteiger partial charge in [-0.05, 0) is 30.7 Å². The Labute approximate surface area is 131 Å². The Morgan fingerprint density at radius 2 is 2.17 bits per heavy atom. The molecule has 0 radical (unpaired) electrons. The Kier molecular flexibility index (Phi) is 4.95. The van der Waals surface area contributed by atoms with E-state index >= 15 is 0 Å². The first-order valence-corrected chi connectivity index (χ1v) is 6.76. The number of halogens is 1. The number of aryl methyl sites for hydroxylation is 1. The molecule has 1 aromatic carbocycles. The normalized spacial score (nSPS) is 11.8. The van der Waals surface area contributed by atoms with Crippen LogP contribution in [0.1, 0.15) is 16.1 Å². The molecule has 8 heteroatoms. The van der Waals surface area contributed by atoms with Crippen molar-refractivity contribution in [2.24, 2.45) is 0 Å². The van der Waals surface area contributed by atoms with Gasteiger partial charge in [-0.25, -0.2) is 13.9 Å². The van der Waals surface area contributed by atoms with Crippen LogP contribution in [0.3, 0.4) is 0 Å². The maximum atomic E-state index is 12.6. The third-order valence-electron chi connectivity index (χ3n) is 3.16. The number of benzene rings is 1. The number of alkyl halides is 1. The maximum Gasteiger partial charge on any atom is 0.328 e. The second-order valence-electron chi connectivity index (χ2n) is 4.84. The Morgan fingerprint density at radius 1 is 1.43 bits per heavy atom. The van der Waals surface area contributed by atoms with Gasteiger partial charge in [0.1, 0.15) is 18.1 Å². The lowest BCUT2D eigenvalue weighted by molar-refractivity contribution is -0.139. The number of hydrogen-bond acceptors (Lipinski definition) is 4. The third kappa shape index (κ3) is 3.65. The quantitative estimate of drug-likeness (QED) is 0.837. The molecule has 1 heterocycles. The number of aromatic nitrogens is 2. The van der Waals surface area contributed by atoms with Gasteiger partial charge in [-0.2, -0.15) is 5.10 Å². The zero-order valence-corrected chi connectivity index (χ0v) is 12.6. The molecule has 0 spiro atoms. The molecular formula is C15H16FN3O4. The summed E-state index contributed by atoms with van der Waals surface area (Å²) in [5.74, 6) is -1.64. The van der Waals surface area contributed by atoms with E-state index in [9.17, 15) is 14.0 Å². The van der Waals surface area contributed by atoms with Crippen LogP contribution in [0.25, 0.3) is 5.69 Å². The van der Waals surface area contributed by atoms with Gasteiger partial charge in [0.05, 0.1) is 7.11 Å². The van der Waals surface area contributed by atoms with Gasteiger partial charge >= 0.3 is 5.97 Å². The molecule has 0 fully saturated rings. The predicted octanol–water partition coefficient (Wildman–Crippen LogP) is 1.34. The van der Waals surface area contributed by atoms with Crippen molar-refractivity contribution in [3.63, 3.8) is 0 Å². The molecule has 7 nitrogen and oxygen atoms in total. The van der Waals surface area contributed by atoms with E-state index in [0.29, 0.717) is 11.4 Å². The summed E-state index contributed by atoms with van der Waals surface area (Å²) in [5, 5.41) is 14.9. The lowest BCUT2D eigenvalue weighted by atomic mass is 10.2. The van der Waals surface area contributed by atoms with Gasteiger partial charge in [0, 0.05) is 6.20 Å². The molecule has 0 aliphatic carbocycles. The number of nitrogens with zero attached hydrogens (tertiary/aromatic N) is 2. The van der Waals surface area contributed by atoms with Crippen molar-refractivity contribution in [2.45, 2.75) is 13.0 Å². The van der Waals surface area contributed by atoms with Crippen molar-refractivity contribution in [1.29, 1.82) is 0 Å². The van der Waals surface area contributed by atoms with Crippen LogP contribution in [0.5, 0.6) is 5.75 Å². The Balaban J connectivity index is 2.26. The topological polar surface area (TPSA) is 93.5 Å². The van der Waals surface area contributed by atoms with E-state index in [2.05, 4.69) is 10.4 Å². The lowest BCUT2D eigenvalue weighted by Crippen LogP contribution is -2.42. The number of carboxylic acids is 1. The van der Waals surface area contributed by atoms with Gasteiger partial charge in [0.25, 0.3) is 5.91 Å². The lowest BCUT2D eigenvalue weighted by Gasteiger charge is -2.10. The van der Waals surface area contributed by atoms with Gasteiger partial charge < -0.3 is 15.2 Å². The van der Waals surface area contributed by atoms with Crippen LogP contribution in [-0.4, -0.2) is 46.6 Å². The van der Waals surface area contributed by atoms with Crippen molar-refractivity contribution in [1.82, 2.24) is 15.1 Å². The fraction of sp³-hybridized carbons (Fsp3) is 0.267. The number of carbonyl (C=O) groups excluding carboxylic acids is 1. The number of methoxy groups -OCH3 is 1. The number of ether oxygens (including phenoxy) is 1. The van der Waals surface area contributed by atoms with Crippen LogP contribution < -0.4 is 10.1 Å². The standard InChI is InChI=1S/C15H16FN3O4/c1-9-3-4-13(23-2)12(7-9)19-6-5-10(18-19)14(20)17-11(8-16)15(21)22/h3-7,11H,8H2,1-2H3,(H,17,20)(H,21,22). The van der Waals surface area contributed by atoms with Gasteiger partial charge in [-0.1, -0.05) is 6.07 Å². The summed E-state index contributed by atoms with van der Waals surface area (Å²) in [6.07, 6.45) is 1.54. The van der Waals surface area contributed by atoms with E-state index in [1.165, 1.54) is 24.1 Å². The minimum Gasteiger partial charge on any atom is -0.494 e. The average molecular weight is 321 g/mol. The molecule has 1 unspecified atom stereocenters. The largest absolute Gasteiger partial charge is 0.494 e. The van der Waals surface area contributed by atoms with Crippen molar-refractivity contribution >= 4 is 11.9 Å². The summed E-state index contributed by atoms with van der Waals surface area (Å²) in [6.45, 7) is 0.701. The number of nitrogens with one attached hydrogen (secondary N) is 1. The summed E-state index contributed by atoms with van der Waals surface area (Å²) in [5.41, 5.74) is 1.59. The number of hydrogen-bond donors (Lipinski definition) is 2. The van der Waals surface area contributed by atoms with Crippen molar-refractivity contribution in [2.75, 3.05) is 13.8 Å². The maximum absolute atomic E-state index is 12.6. The van der Waals surface area contributed by atoms with E-state index in [0.717, 1.165) is 5.56 Å². The van der Waals surface area contributed by atoms with Crippen LogP contribution in [0.2, 0.25) is 0 Å². The molecule has 2 rings (SSSR count). The summed E-state index contributed by atoms with van der Waals surface area (Å²) in [4.78, 5) is 22.7. The summed E-state index contributed by atoms with van der Waals surface area (Å²) in [6, 6.07) is 5.29. The van der Waals surface area contributed by atoms with E-state index in [4.69, 9.17) is 9.84 Å². The van der Waals surface area contributed by atoms with Crippen LogP contribution >= 0.6 is 0 Å². The Hall–Kier alpha value is -2.90. The van der Waals surface area contributed by atoms with Gasteiger partial charge in [-0.15, -0.1) is 0 Å². The fourth-order valence-corrected chi connectivity index (χ4v) is 1.96. The van der Waals surface area contributed by atoms with Gasteiger partial charge in [0.15, 0.2) is 11.7 Å². The number of carboxylic acid groups (broad SMARTS) is 1. The molecule has 1 atom stereocenters. The summed E-state index contributed by atoms with van der Waals surface area (Å²) >= 11 is 0. The minimum atomic E-state index is -1.60. The van der Waals surface area contributed by atoms with Crippen LogP contribution in [0.15, 0.2) is 30.5 Å². The summed E-state index contributed by atoms with van der Waals surface area (Å²) in [7, 11) is 1.52. The molecule has 2 N–H and O–H groups in total. The first-order chi connectivity index (χ1) is 11.0. The van der Waals surface area contributed by atoms with Gasteiger partial charge in [-0.3, -0.25) is 4.79 Å². The molecule has 0 aliphatic rings. The van der Waals surface area contributed by atoms with Crippen LogP contribution in [0.4, 0.5) is 4.39 Å². The first kappa shape index (κ1) is 16.5. The van der Waals surface area contributed by atoms with Crippen LogP contribution in [-0.2, 0) is 4.79 Å². The first-order valence-electron chi connectivity index (χ1n) is 6.76. The molecule has 0 saturated carbocycles. The highest BCUT2D eigenvalue weighted by Crippen LogP contribution is 2.23. The van der Waals surface area contributed by atoms with Crippen molar-refractivity contribution in [3.8, 4) is 11.4 Å². The molecule has 0 bridgehead atoms. The monoisotopic (exact) mass is 321 g/mol. The highest BCUT2D eigenvalue weighted by atomic mass is 19.1. The second-order valence-corrected chi connectivity index (χ2v) is 4.84. The molecule has 1 amide bonds. The second kappa shape index (κ2) is 6.91. The van der Waals surface area contributed by atoms with E-state index in [1.807, 2.05) is 19.1 Å². The number of aliphatic carboxylic acids is 1. The zero-order chi connectivity index (χ0) is 17.0. The van der Waals surface area contributed by atoms with Crippen molar-refractivity contribution < 1.29 is 23.8 Å². The van der Waals surface area contributed by atoms with Crippen LogP contribution in [0, 0.1) is 6.92 Å². The highest BCUT2D eigenvalue weighted by molar-refractivity contribution is 5.95. The highest BCUT2D eigenvalue weighted by Gasteiger charge is 2.22. The minimum absolute atomic E-state index is 0.0201. The molecule has 0 saturated heterocycles. The molecule has 122 valence electrons.